The SMILES string of the molecule is CCOC(=O)CCC1C(=O)C[C@](C)(CCC=C(C)C)[C@@H](CC=C(C)C)C1=O. The summed E-state index contributed by atoms with van der Waals surface area (Å²) in [6, 6.07) is 0. The Balaban J connectivity index is 2.99. The molecule has 0 amide bonds. The first-order valence-electron chi connectivity index (χ1n) is 10.1. The average molecular weight is 377 g/mol. The Morgan fingerprint density at radius 1 is 1.15 bits per heavy atom. The smallest absolute Gasteiger partial charge is 0.305 e. The van der Waals surface area contributed by atoms with Gasteiger partial charge in [0.1, 0.15) is 11.6 Å². The molecular formula is C23H36O4. The molecule has 0 heterocycles. The first kappa shape index (κ1) is 23.3. The maximum absolute atomic E-state index is 13.2. The van der Waals surface area contributed by atoms with Crippen molar-refractivity contribution in [3.8, 4) is 0 Å². The van der Waals surface area contributed by atoms with Crippen molar-refractivity contribution < 1.29 is 19.1 Å². The second-order valence-corrected chi connectivity index (χ2v) is 8.49. The predicted molar refractivity (Wildman–Crippen MR) is 108 cm³/mol. The van der Waals surface area contributed by atoms with Crippen LogP contribution in [0.3, 0.4) is 0 Å². The highest BCUT2D eigenvalue weighted by molar-refractivity contribution is 6.06. The first-order valence-corrected chi connectivity index (χ1v) is 10.1. The fourth-order valence-corrected chi connectivity index (χ4v) is 3.90. The van der Waals surface area contributed by atoms with Gasteiger partial charge in [0, 0.05) is 18.8 Å². The number of ketones is 2. The highest BCUT2D eigenvalue weighted by Gasteiger charge is 2.48. The van der Waals surface area contributed by atoms with Crippen molar-refractivity contribution in [1.29, 1.82) is 0 Å². The molecule has 1 unspecified atom stereocenters. The van der Waals surface area contributed by atoms with Crippen molar-refractivity contribution in [3.05, 3.63) is 23.3 Å². The van der Waals surface area contributed by atoms with Crippen LogP contribution in [0.5, 0.6) is 0 Å². The Kier molecular flexibility index (Phi) is 9.14. The zero-order valence-corrected chi connectivity index (χ0v) is 17.9. The number of allylic oxidation sites excluding steroid dienone is 4. The summed E-state index contributed by atoms with van der Waals surface area (Å²) in [6.45, 7) is 12.3. The highest BCUT2D eigenvalue weighted by Crippen LogP contribution is 2.46. The molecule has 1 aliphatic rings. The maximum atomic E-state index is 13.2. The monoisotopic (exact) mass is 376 g/mol. The lowest BCUT2D eigenvalue weighted by molar-refractivity contribution is -0.147. The van der Waals surface area contributed by atoms with E-state index in [1.807, 2.05) is 13.8 Å². The van der Waals surface area contributed by atoms with Gasteiger partial charge in [-0.1, -0.05) is 30.2 Å². The molecule has 0 radical (unpaired) electrons. The van der Waals surface area contributed by atoms with Crippen molar-refractivity contribution in [1.82, 2.24) is 0 Å². The van der Waals surface area contributed by atoms with E-state index >= 15 is 0 Å². The molecule has 0 aliphatic heterocycles. The third kappa shape index (κ3) is 7.08. The van der Waals surface area contributed by atoms with Gasteiger partial charge in [-0.3, -0.25) is 14.4 Å². The number of Topliss-reactive ketones (excluding diaryl/α,β-unsaturated/α-hetero) is 2. The summed E-state index contributed by atoms with van der Waals surface area (Å²) < 4.78 is 4.95. The molecule has 27 heavy (non-hydrogen) atoms. The number of esters is 1. The number of hydrogen-bond donors (Lipinski definition) is 0. The lowest BCUT2D eigenvalue weighted by Gasteiger charge is -2.42. The van der Waals surface area contributed by atoms with Gasteiger partial charge in [0.15, 0.2) is 0 Å². The van der Waals surface area contributed by atoms with Crippen LogP contribution in [0.25, 0.3) is 0 Å². The zero-order chi connectivity index (χ0) is 20.6. The third-order valence-corrected chi connectivity index (χ3v) is 5.47. The molecule has 0 spiro atoms. The van der Waals surface area contributed by atoms with Gasteiger partial charge in [-0.2, -0.15) is 0 Å². The van der Waals surface area contributed by atoms with Gasteiger partial charge in [-0.15, -0.1) is 0 Å². The minimum atomic E-state index is -0.665. The van der Waals surface area contributed by atoms with Crippen LogP contribution in [-0.2, 0) is 19.1 Å². The van der Waals surface area contributed by atoms with E-state index in [-0.39, 0.29) is 41.7 Å². The van der Waals surface area contributed by atoms with Gasteiger partial charge >= 0.3 is 5.97 Å². The van der Waals surface area contributed by atoms with Crippen LogP contribution in [0, 0.1) is 17.3 Å². The third-order valence-electron chi connectivity index (χ3n) is 5.47. The van der Waals surface area contributed by atoms with E-state index in [2.05, 4.69) is 32.9 Å². The summed E-state index contributed by atoms with van der Waals surface area (Å²) in [5, 5.41) is 0. The Morgan fingerprint density at radius 2 is 1.78 bits per heavy atom. The van der Waals surface area contributed by atoms with Crippen LogP contribution >= 0.6 is 0 Å². The highest BCUT2D eigenvalue weighted by atomic mass is 16.5. The van der Waals surface area contributed by atoms with Crippen LogP contribution in [-0.4, -0.2) is 24.1 Å². The van der Waals surface area contributed by atoms with E-state index in [0.717, 1.165) is 12.8 Å². The van der Waals surface area contributed by atoms with Crippen molar-refractivity contribution in [2.45, 2.75) is 80.1 Å². The molecule has 0 aromatic heterocycles. The molecule has 4 heteroatoms. The standard InChI is InChI=1S/C23H36O4/c1-7-27-21(25)13-11-18-20(24)15-23(6,14-8-9-16(2)3)19(22(18)26)12-10-17(4)5/h9-10,18-19H,7-8,11-15H2,1-6H3/t18?,19-,23-/m0/s1. The van der Waals surface area contributed by atoms with Crippen LogP contribution in [0.4, 0.5) is 0 Å². The first-order chi connectivity index (χ1) is 12.6. The van der Waals surface area contributed by atoms with E-state index in [0.29, 0.717) is 19.4 Å². The van der Waals surface area contributed by atoms with Crippen LogP contribution in [0.1, 0.15) is 80.1 Å². The number of hydrogen-bond acceptors (Lipinski definition) is 4. The predicted octanol–water partition coefficient (Wildman–Crippen LogP) is 5.21. The summed E-state index contributed by atoms with van der Waals surface area (Å²) in [6.07, 6.45) is 7.43. The van der Waals surface area contributed by atoms with E-state index in [1.54, 1.807) is 6.92 Å². The topological polar surface area (TPSA) is 60.4 Å². The summed E-state index contributed by atoms with van der Waals surface area (Å²) in [5.41, 5.74) is 2.10. The molecule has 4 nitrogen and oxygen atoms in total. The van der Waals surface area contributed by atoms with Crippen molar-refractivity contribution in [2.24, 2.45) is 17.3 Å². The molecule has 0 saturated heterocycles. The number of carbonyl (C=O) groups is 3. The van der Waals surface area contributed by atoms with E-state index in [9.17, 15) is 14.4 Å². The number of rotatable bonds is 9. The van der Waals surface area contributed by atoms with Crippen LogP contribution in [0.15, 0.2) is 23.3 Å². The molecule has 152 valence electrons. The Hall–Kier alpha value is -1.71. The quantitative estimate of drug-likeness (QED) is 0.315. The van der Waals surface area contributed by atoms with E-state index in [1.165, 1.54) is 11.1 Å². The van der Waals surface area contributed by atoms with Gasteiger partial charge in [0.25, 0.3) is 0 Å². The fraction of sp³-hybridized carbons (Fsp3) is 0.696. The summed E-state index contributed by atoms with van der Waals surface area (Å²) >= 11 is 0. The van der Waals surface area contributed by atoms with Crippen LogP contribution in [0.2, 0.25) is 0 Å². The van der Waals surface area contributed by atoms with Crippen LogP contribution < -0.4 is 0 Å². The van der Waals surface area contributed by atoms with Gasteiger partial charge in [0.05, 0.1) is 12.5 Å². The van der Waals surface area contributed by atoms with Gasteiger partial charge in [-0.05, 0) is 65.7 Å². The number of ether oxygens (including phenoxy) is 1. The second kappa shape index (κ2) is 10.6. The number of carbonyl (C=O) groups excluding carboxylic acids is 3. The maximum Gasteiger partial charge on any atom is 0.305 e. The summed E-state index contributed by atoms with van der Waals surface area (Å²) in [5.74, 6) is -1.19. The molecule has 0 N–H and O–H groups in total. The Morgan fingerprint density at radius 3 is 2.33 bits per heavy atom. The fourth-order valence-electron chi connectivity index (χ4n) is 3.90. The molecular weight excluding hydrogens is 340 g/mol. The Labute approximate surface area is 164 Å². The van der Waals surface area contributed by atoms with E-state index < -0.39 is 5.92 Å². The van der Waals surface area contributed by atoms with Gasteiger partial charge < -0.3 is 4.74 Å². The molecule has 3 atom stereocenters. The Bertz CT molecular complexity index is 606. The summed E-state index contributed by atoms with van der Waals surface area (Å²) in [7, 11) is 0. The molecule has 0 aromatic rings. The zero-order valence-electron chi connectivity index (χ0n) is 17.9. The largest absolute Gasteiger partial charge is 0.466 e. The van der Waals surface area contributed by atoms with Crippen molar-refractivity contribution >= 4 is 17.5 Å². The summed E-state index contributed by atoms with van der Waals surface area (Å²) in [4.78, 5) is 37.6. The van der Waals surface area contributed by atoms with Gasteiger partial charge in [-0.25, -0.2) is 0 Å². The molecule has 1 rings (SSSR count). The molecule has 1 saturated carbocycles. The van der Waals surface area contributed by atoms with Gasteiger partial charge in [0.2, 0.25) is 0 Å². The average Bonchev–Trinajstić information content (AvgIpc) is 2.53. The second-order valence-electron chi connectivity index (χ2n) is 8.49. The lowest BCUT2D eigenvalue weighted by atomic mass is 9.59. The van der Waals surface area contributed by atoms with E-state index in [4.69, 9.17) is 4.74 Å². The van der Waals surface area contributed by atoms with Crippen molar-refractivity contribution in [2.75, 3.05) is 6.61 Å². The lowest BCUT2D eigenvalue weighted by Crippen LogP contribution is -2.47. The molecule has 1 aliphatic carbocycles. The normalized spacial score (nSPS) is 25.1. The minimum absolute atomic E-state index is 0.00717. The van der Waals surface area contributed by atoms with Crippen molar-refractivity contribution in [3.63, 3.8) is 0 Å². The molecule has 1 fully saturated rings. The molecule has 0 aromatic carbocycles. The minimum Gasteiger partial charge on any atom is -0.466 e. The molecule has 0 bridgehead atoms.